The van der Waals surface area contributed by atoms with Crippen LogP contribution in [0, 0.1) is 6.92 Å². The van der Waals surface area contributed by atoms with Crippen molar-refractivity contribution in [3.05, 3.63) is 18.0 Å². The zero-order valence-corrected chi connectivity index (χ0v) is 11.1. The Balaban J connectivity index is 1.73. The molecule has 4 heteroatoms. The van der Waals surface area contributed by atoms with Gasteiger partial charge in [0.15, 0.2) is 0 Å². The molecule has 1 heterocycles. The number of aliphatic hydroxyl groups is 1. The van der Waals surface area contributed by atoms with Crippen LogP contribution < -0.4 is 5.32 Å². The average Bonchev–Trinajstić information content (AvgIpc) is 3.08. The van der Waals surface area contributed by atoms with Gasteiger partial charge in [0.05, 0.1) is 18.8 Å². The fraction of sp³-hybridized carbons (Fsp3) is 0.786. The van der Waals surface area contributed by atoms with Crippen LogP contribution >= 0.6 is 0 Å². The van der Waals surface area contributed by atoms with Gasteiger partial charge < -0.3 is 10.4 Å². The van der Waals surface area contributed by atoms with Crippen molar-refractivity contribution in [1.29, 1.82) is 0 Å². The van der Waals surface area contributed by atoms with Crippen molar-refractivity contribution in [2.75, 3.05) is 6.61 Å². The van der Waals surface area contributed by atoms with Gasteiger partial charge in [0, 0.05) is 17.8 Å². The molecule has 0 spiro atoms. The van der Waals surface area contributed by atoms with Gasteiger partial charge in [-0.2, -0.15) is 5.10 Å². The van der Waals surface area contributed by atoms with Crippen LogP contribution in [0.15, 0.2) is 12.4 Å². The van der Waals surface area contributed by atoms with Crippen molar-refractivity contribution >= 4 is 0 Å². The molecule has 2 aliphatic rings. The van der Waals surface area contributed by atoms with Crippen LogP contribution in [0.25, 0.3) is 0 Å². The van der Waals surface area contributed by atoms with Crippen LogP contribution in [-0.4, -0.2) is 33.1 Å². The highest BCUT2D eigenvalue weighted by Crippen LogP contribution is 2.37. The molecular formula is C14H23N3O. The summed E-state index contributed by atoms with van der Waals surface area (Å²) in [6.07, 6.45) is 11.0. The van der Waals surface area contributed by atoms with Gasteiger partial charge >= 0.3 is 0 Å². The lowest BCUT2D eigenvalue weighted by Crippen LogP contribution is -2.52. The standard InChI is InChI=1S/C14H23N3O/c1-11-8-15-17(9-11)13-3-2-6-14(7-13,10-18)16-12-4-5-12/h8-9,12-13,16,18H,2-7,10H2,1H3. The van der Waals surface area contributed by atoms with Gasteiger partial charge in [-0.05, 0) is 51.0 Å². The van der Waals surface area contributed by atoms with E-state index < -0.39 is 0 Å². The van der Waals surface area contributed by atoms with Gasteiger partial charge in [-0.25, -0.2) is 0 Å². The highest BCUT2D eigenvalue weighted by atomic mass is 16.3. The highest BCUT2D eigenvalue weighted by Gasteiger charge is 2.40. The number of aromatic nitrogens is 2. The molecule has 0 bridgehead atoms. The zero-order valence-electron chi connectivity index (χ0n) is 11.1. The van der Waals surface area contributed by atoms with Crippen molar-refractivity contribution in [2.45, 2.75) is 63.1 Å². The second kappa shape index (κ2) is 4.67. The Morgan fingerprint density at radius 2 is 2.33 bits per heavy atom. The molecular weight excluding hydrogens is 226 g/mol. The smallest absolute Gasteiger partial charge is 0.0614 e. The monoisotopic (exact) mass is 249 g/mol. The van der Waals surface area contributed by atoms with Crippen LogP contribution in [0.1, 0.15) is 50.1 Å². The van der Waals surface area contributed by atoms with Gasteiger partial charge in [-0.3, -0.25) is 4.68 Å². The fourth-order valence-electron chi connectivity index (χ4n) is 3.17. The Kier molecular flexibility index (Phi) is 3.16. The SMILES string of the molecule is Cc1cnn(C2CCCC(CO)(NC3CC3)C2)c1. The molecule has 4 nitrogen and oxygen atoms in total. The van der Waals surface area contributed by atoms with Gasteiger partial charge in [0.1, 0.15) is 0 Å². The zero-order chi connectivity index (χ0) is 12.6. The first-order chi connectivity index (χ1) is 8.71. The number of nitrogens with one attached hydrogen (secondary N) is 1. The Labute approximate surface area is 108 Å². The lowest BCUT2D eigenvalue weighted by atomic mass is 9.79. The van der Waals surface area contributed by atoms with Crippen LogP contribution in [0.5, 0.6) is 0 Å². The van der Waals surface area contributed by atoms with Crippen LogP contribution in [0.3, 0.4) is 0 Å². The van der Waals surface area contributed by atoms with Crippen molar-refractivity contribution < 1.29 is 5.11 Å². The molecule has 0 saturated heterocycles. The topological polar surface area (TPSA) is 50.1 Å². The summed E-state index contributed by atoms with van der Waals surface area (Å²) in [4.78, 5) is 0. The summed E-state index contributed by atoms with van der Waals surface area (Å²) in [6, 6.07) is 1.08. The van der Waals surface area contributed by atoms with E-state index in [1.54, 1.807) is 0 Å². The first-order valence-electron chi connectivity index (χ1n) is 7.10. The molecule has 2 unspecified atom stereocenters. The van der Waals surface area contributed by atoms with E-state index in [0.29, 0.717) is 12.1 Å². The van der Waals surface area contributed by atoms with Crippen LogP contribution in [-0.2, 0) is 0 Å². The van der Waals surface area contributed by atoms with E-state index in [0.717, 1.165) is 12.8 Å². The molecule has 2 fully saturated rings. The maximum absolute atomic E-state index is 9.80. The average molecular weight is 249 g/mol. The Morgan fingerprint density at radius 1 is 1.50 bits per heavy atom. The molecule has 0 amide bonds. The minimum Gasteiger partial charge on any atom is -0.394 e. The van der Waals surface area contributed by atoms with E-state index in [4.69, 9.17) is 0 Å². The van der Waals surface area contributed by atoms with Gasteiger partial charge in [-0.15, -0.1) is 0 Å². The molecule has 100 valence electrons. The summed E-state index contributed by atoms with van der Waals surface area (Å²) in [5, 5.41) is 17.9. The molecule has 2 aliphatic carbocycles. The Hall–Kier alpha value is -0.870. The second-order valence-corrected chi connectivity index (χ2v) is 6.10. The van der Waals surface area contributed by atoms with Crippen LogP contribution in [0.2, 0.25) is 0 Å². The van der Waals surface area contributed by atoms with Gasteiger partial charge in [-0.1, -0.05) is 0 Å². The first kappa shape index (κ1) is 12.2. The molecule has 3 rings (SSSR count). The summed E-state index contributed by atoms with van der Waals surface area (Å²) < 4.78 is 2.09. The molecule has 0 aliphatic heterocycles. The molecule has 0 aromatic carbocycles. The number of hydrogen-bond donors (Lipinski definition) is 2. The van der Waals surface area contributed by atoms with E-state index in [1.807, 2.05) is 6.20 Å². The number of hydrogen-bond acceptors (Lipinski definition) is 3. The van der Waals surface area contributed by atoms with Gasteiger partial charge in [0.2, 0.25) is 0 Å². The van der Waals surface area contributed by atoms with Crippen LogP contribution in [0.4, 0.5) is 0 Å². The number of nitrogens with zero attached hydrogens (tertiary/aromatic N) is 2. The van der Waals surface area contributed by atoms with E-state index in [9.17, 15) is 5.11 Å². The number of rotatable bonds is 4. The summed E-state index contributed by atoms with van der Waals surface area (Å²) in [5.74, 6) is 0. The number of aryl methyl sites for hydroxylation is 1. The van der Waals surface area contributed by atoms with Crippen molar-refractivity contribution in [3.8, 4) is 0 Å². The Bertz CT molecular complexity index is 413. The summed E-state index contributed by atoms with van der Waals surface area (Å²) in [5.41, 5.74) is 1.15. The molecule has 1 aromatic heterocycles. The molecule has 2 atom stereocenters. The second-order valence-electron chi connectivity index (χ2n) is 6.10. The number of aliphatic hydroxyl groups excluding tert-OH is 1. The van der Waals surface area contributed by atoms with E-state index in [-0.39, 0.29) is 12.1 Å². The minimum absolute atomic E-state index is 0.0655. The quantitative estimate of drug-likeness (QED) is 0.855. The van der Waals surface area contributed by atoms with E-state index in [1.165, 1.54) is 31.2 Å². The van der Waals surface area contributed by atoms with Crippen molar-refractivity contribution in [2.24, 2.45) is 0 Å². The van der Waals surface area contributed by atoms with E-state index >= 15 is 0 Å². The normalized spacial score (nSPS) is 32.7. The lowest BCUT2D eigenvalue weighted by Gasteiger charge is -2.40. The van der Waals surface area contributed by atoms with Crippen molar-refractivity contribution in [1.82, 2.24) is 15.1 Å². The molecule has 0 radical (unpaired) electrons. The third-order valence-corrected chi connectivity index (χ3v) is 4.31. The van der Waals surface area contributed by atoms with Gasteiger partial charge in [0.25, 0.3) is 0 Å². The molecule has 1 aromatic rings. The molecule has 2 N–H and O–H groups in total. The fourth-order valence-corrected chi connectivity index (χ4v) is 3.17. The predicted octanol–water partition coefficient (Wildman–Crippen LogP) is 1.79. The van der Waals surface area contributed by atoms with Crippen molar-refractivity contribution in [3.63, 3.8) is 0 Å². The largest absolute Gasteiger partial charge is 0.394 e. The summed E-state index contributed by atoms with van der Waals surface area (Å²) in [7, 11) is 0. The first-order valence-corrected chi connectivity index (χ1v) is 7.10. The highest BCUT2D eigenvalue weighted by molar-refractivity contribution is 5.04. The third-order valence-electron chi connectivity index (χ3n) is 4.31. The Morgan fingerprint density at radius 3 is 2.94 bits per heavy atom. The molecule has 2 saturated carbocycles. The third kappa shape index (κ3) is 2.45. The molecule has 18 heavy (non-hydrogen) atoms. The lowest BCUT2D eigenvalue weighted by molar-refractivity contribution is 0.0928. The maximum Gasteiger partial charge on any atom is 0.0614 e. The maximum atomic E-state index is 9.80. The minimum atomic E-state index is -0.0655. The van der Waals surface area contributed by atoms with E-state index in [2.05, 4.69) is 28.2 Å². The summed E-state index contributed by atoms with van der Waals surface area (Å²) in [6.45, 7) is 2.33. The summed E-state index contributed by atoms with van der Waals surface area (Å²) >= 11 is 0. The predicted molar refractivity (Wildman–Crippen MR) is 70.4 cm³/mol.